The van der Waals surface area contributed by atoms with E-state index in [4.69, 9.17) is 5.11 Å². The average molecular weight is 243 g/mol. The first-order valence-corrected chi connectivity index (χ1v) is 3.94. The monoisotopic (exact) mass is 243 g/mol. The van der Waals surface area contributed by atoms with E-state index in [1.807, 2.05) is 6.92 Å². The van der Waals surface area contributed by atoms with Crippen LogP contribution in [-0.2, 0) is 4.79 Å². The van der Waals surface area contributed by atoms with Gasteiger partial charge in [-0.3, -0.25) is 4.79 Å². The highest BCUT2D eigenvalue weighted by molar-refractivity contribution is 14.1. The quantitative estimate of drug-likeness (QED) is 0.557. The molecule has 0 aromatic carbocycles. The fourth-order valence-corrected chi connectivity index (χ4v) is 0.689. The lowest BCUT2D eigenvalue weighted by molar-refractivity contribution is -0.135. The molecule has 1 atom stereocenters. The largest absolute Gasteiger partial charge is 0.480 e. The summed E-state index contributed by atoms with van der Waals surface area (Å²) >= 11 is 2.23. The minimum Gasteiger partial charge on any atom is -0.480 e. The van der Waals surface area contributed by atoms with E-state index in [1.54, 1.807) is 0 Å². The van der Waals surface area contributed by atoms with Gasteiger partial charge in [0.25, 0.3) is 0 Å². The number of carboxylic acids is 1. The van der Waals surface area contributed by atoms with E-state index in [1.165, 1.54) is 0 Å². The van der Waals surface area contributed by atoms with Crippen LogP contribution in [0.2, 0.25) is 0 Å². The lowest BCUT2D eigenvalue weighted by atomic mass is 10.5. The molecule has 0 radical (unpaired) electrons. The van der Waals surface area contributed by atoms with Crippen LogP contribution in [-0.4, -0.2) is 28.1 Å². The van der Waals surface area contributed by atoms with Crippen molar-refractivity contribution in [3.63, 3.8) is 0 Å². The normalized spacial score (nSPS) is 13.1. The Morgan fingerprint density at radius 1 is 1.89 bits per heavy atom. The van der Waals surface area contributed by atoms with Gasteiger partial charge in [0, 0.05) is 10.5 Å². The van der Waals surface area contributed by atoms with Gasteiger partial charge in [-0.2, -0.15) is 0 Å². The van der Waals surface area contributed by atoms with Crippen LogP contribution < -0.4 is 5.32 Å². The van der Waals surface area contributed by atoms with Gasteiger partial charge in [-0.25, -0.2) is 0 Å². The molecule has 0 aliphatic heterocycles. The second-order valence-corrected chi connectivity index (χ2v) is 3.93. The average Bonchev–Trinajstić information content (AvgIpc) is 1.63. The fraction of sp³-hybridized carbons (Fsp3) is 0.800. The third-order valence-electron chi connectivity index (χ3n) is 0.702. The summed E-state index contributed by atoms with van der Waals surface area (Å²) in [6, 6.07) is 0. The number of hydrogen-bond donors (Lipinski definition) is 2. The second kappa shape index (κ2) is 4.99. The number of alkyl halides is 1. The predicted octanol–water partition coefficient (Wildman–Crippen LogP) is 0.484. The lowest BCUT2D eigenvalue weighted by Crippen LogP contribution is -2.27. The second-order valence-electron chi connectivity index (χ2n) is 1.81. The van der Waals surface area contributed by atoms with E-state index in [-0.39, 0.29) is 6.54 Å². The van der Waals surface area contributed by atoms with Gasteiger partial charge in [0.2, 0.25) is 0 Å². The summed E-state index contributed by atoms with van der Waals surface area (Å²) in [7, 11) is 0. The summed E-state index contributed by atoms with van der Waals surface area (Å²) in [4.78, 5) is 9.92. The lowest BCUT2D eigenvalue weighted by Gasteiger charge is -2.01. The summed E-state index contributed by atoms with van der Waals surface area (Å²) in [5.41, 5.74) is 0. The van der Waals surface area contributed by atoms with Crippen molar-refractivity contribution in [2.24, 2.45) is 0 Å². The molecule has 9 heavy (non-hydrogen) atoms. The summed E-state index contributed by atoms with van der Waals surface area (Å²) in [6.45, 7) is 2.84. The van der Waals surface area contributed by atoms with Gasteiger partial charge in [0.15, 0.2) is 0 Å². The zero-order chi connectivity index (χ0) is 7.28. The maximum Gasteiger partial charge on any atom is 0.317 e. The molecule has 2 N–H and O–H groups in total. The first kappa shape index (κ1) is 9.16. The van der Waals surface area contributed by atoms with E-state index in [0.29, 0.717) is 3.92 Å². The van der Waals surface area contributed by atoms with Gasteiger partial charge in [0.05, 0.1) is 6.54 Å². The van der Waals surface area contributed by atoms with E-state index >= 15 is 0 Å². The number of carbonyl (C=O) groups is 1. The number of aliphatic carboxylic acids is 1. The highest BCUT2D eigenvalue weighted by Gasteiger charge is 1.96. The van der Waals surface area contributed by atoms with Gasteiger partial charge in [0.1, 0.15) is 0 Å². The highest BCUT2D eigenvalue weighted by Crippen LogP contribution is 1.93. The van der Waals surface area contributed by atoms with Crippen LogP contribution in [0, 0.1) is 0 Å². The molecule has 0 aliphatic rings. The maximum atomic E-state index is 9.92. The molecule has 0 aromatic heterocycles. The molecule has 0 bridgehead atoms. The number of nitrogens with one attached hydrogen (secondary N) is 1. The molecule has 0 rings (SSSR count). The van der Waals surface area contributed by atoms with Crippen molar-refractivity contribution < 1.29 is 9.90 Å². The first-order valence-electron chi connectivity index (χ1n) is 2.69. The van der Waals surface area contributed by atoms with Crippen molar-refractivity contribution in [3.05, 3.63) is 0 Å². The van der Waals surface area contributed by atoms with Gasteiger partial charge < -0.3 is 10.4 Å². The van der Waals surface area contributed by atoms with Gasteiger partial charge in [-0.05, 0) is 0 Å². The number of rotatable bonds is 4. The van der Waals surface area contributed by atoms with Crippen LogP contribution in [0.25, 0.3) is 0 Å². The smallest absolute Gasteiger partial charge is 0.317 e. The molecule has 4 heteroatoms. The van der Waals surface area contributed by atoms with E-state index in [2.05, 4.69) is 27.9 Å². The Morgan fingerprint density at radius 3 is 2.78 bits per heavy atom. The molecule has 0 amide bonds. The van der Waals surface area contributed by atoms with Crippen LogP contribution in [0.5, 0.6) is 0 Å². The first-order chi connectivity index (χ1) is 4.13. The molecule has 0 spiro atoms. The number of carboxylic acid groups (broad SMARTS) is 1. The Labute approximate surface area is 68.0 Å². The summed E-state index contributed by atoms with van der Waals surface area (Å²) < 4.78 is 0.488. The third-order valence-corrected chi connectivity index (χ3v) is 1.14. The van der Waals surface area contributed by atoms with Crippen molar-refractivity contribution in [2.75, 3.05) is 13.1 Å². The van der Waals surface area contributed by atoms with Crippen LogP contribution in [0.3, 0.4) is 0 Å². The molecule has 0 aliphatic carbocycles. The highest BCUT2D eigenvalue weighted by atomic mass is 127. The van der Waals surface area contributed by atoms with Crippen LogP contribution in [0.1, 0.15) is 6.92 Å². The molecule has 0 saturated heterocycles. The van der Waals surface area contributed by atoms with Crippen LogP contribution >= 0.6 is 22.6 Å². The topological polar surface area (TPSA) is 49.3 Å². The standard InChI is InChI=1S/C5H10INO2/c1-4(6)2-7-3-5(8)9/h4,7H,2-3H2,1H3,(H,8,9). The van der Waals surface area contributed by atoms with Crippen molar-refractivity contribution >= 4 is 28.6 Å². The van der Waals surface area contributed by atoms with Crippen molar-refractivity contribution in [2.45, 2.75) is 10.8 Å². The number of hydrogen-bond acceptors (Lipinski definition) is 2. The summed E-state index contributed by atoms with van der Waals surface area (Å²) in [5.74, 6) is -0.799. The van der Waals surface area contributed by atoms with Crippen LogP contribution in [0.15, 0.2) is 0 Å². The molecule has 1 unspecified atom stereocenters. The summed E-state index contributed by atoms with van der Waals surface area (Å²) in [6.07, 6.45) is 0. The summed E-state index contributed by atoms with van der Waals surface area (Å²) in [5, 5.41) is 10.9. The maximum absolute atomic E-state index is 9.92. The Bertz CT molecular complexity index is 95.0. The van der Waals surface area contributed by atoms with Crippen LogP contribution in [0.4, 0.5) is 0 Å². The molecule has 3 nitrogen and oxygen atoms in total. The molecule has 54 valence electrons. The van der Waals surface area contributed by atoms with Crippen molar-refractivity contribution in [1.82, 2.24) is 5.32 Å². The molecular weight excluding hydrogens is 233 g/mol. The minimum absolute atomic E-state index is 0.0628. The van der Waals surface area contributed by atoms with E-state index < -0.39 is 5.97 Å². The SMILES string of the molecule is CC(I)CNCC(=O)O. The van der Waals surface area contributed by atoms with Crippen molar-refractivity contribution in [1.29, 1.82) is 0 Å². The molecule has 0 saturated carbocycles. The Morgan fingerprint density at radius 2 is 2.44 bits per heavy atom. The number of halogens is 1. The Balaban J connectivity index is 3.01. The molecule has 0 heterocycles. The third kappa shape index (κ3) is 8.16. The fourth-order valence-electron chi connectivity index (χ4n) is 0.378. The predicted molar refractivity (Wildman–Crippen MR) is 44.0 cm³/mol. The molecule has 0 fully saturated rings. The van der Waals surface area contributed by atoms with E-state index in [0.717, 1.165) is 6.54 Å². The molecular formula is C5H10INO2. The van der Waals surface area contributed by atoms with Gasteiger partial charge in [-0.1, -0.05) is 29.5 Å². The van der Waals surface area contributed by atoms with Crippen molar-refractivity contribution in [3.8, 4) is 0 Å². The zero-order valence-corrected chi connectivity index (χ0v) is 7.38. The van der Waals surface area contributed by atoms with Gasteiger partial charge in [-0.15, -0.1) is 0 Å². The Hall–Kier alpha value is 0.160. The Kier molecular flexibility index (Phi) is 5.07. The zero-order valence-electron chi connectivity index (χ0n) is 5.22. The van der Waals surface area contributed by atoms with E-state index in [9.17, 15) is 4.79 Å². The minimum atomic E-state index is -0.799. The molecule has 0 aromatic rings. The van der Waals surface area contributed by atoms with Gasteiger partial charge >= 0.3 is 5.97 Å².